The monoisotopic (exact) mass is 266 g/mol. The zero-order valence-electron chi connectivity index (χ0n) is 10.3. The average Bonchev–Trinajstić information content (AvgIpc) is 2.37. The number of nitrogens with zero attached hydrogens (tertiary/aromatic N) is 1. The predicted molar refractivity (Wildman–Crippen MR) is 67.7 cm³/mol. The van der Waals surface area contributed by atoms with Gasteiger partial charge in [-0.2, -0.15) is 13.2 Å². The first-order valence-corrected chi connectivity index (χ1v) is 5.77. The van der Waals surface area contributed by atoms with E-state index in [-0.39, 0.29) is 0 Å². The Morgan fingerprint density at radius 1 is 1.21 bits per heavy atom. The summed E-state index contributed by atoms with van der Waals surface area (Å²) in [6, 6.07) is 7.34. The van der Waals surface area contributed by atoms with Crippen molar-refractivity contribution < 1.29 is 13.2 Å². The summed E-state index contributed by atoms with van der Waals surface area (Å²) in [5.41, 5.74) is 1.53. The Hall–Kier alpha value is -2.04. The zero-order valence-corrected chi connectivity index (χ0v) is 10.3. The summed E-state index contributed by atoms with van der Waals surface area (Å²) in [7, 11) is 0. The normalized spacial score (nSPS) is 11.4. The molecule has 0 amide bonds. The van der Waals surface area contributed by atoms with Crippen LogP contribution < -0.4 is 5.32 Å². The minimum atomic E-state index is -4.32. The van der Waals surface area contributed by atoms with Gasteiger partial charge in [0.1, 0.15) is 0 Å². The number of aryl methyl sites for hydroxylation is 1. The van der Waals surface area contributed by atoms with E-state index in [1.807, 2.05) is 6.07 Å². The van der Waals surface area contributed by atoms with Gasteiger partial charge in [0, 0.05) is 24.6 Å². The topological polar surface area (TPSA) is 24.9 Å². The molecule has 0 bridgehead atoms. The van der Waals surface area contributed by atoms with Crippen LogP contribution in [0.1, 0.15) is 16.7 Å². The maximum Gasteiger partial charge on any atom is 0.416 e. The van der Waals surface area contributed by atoms with Gasteiger partial charge >= 0.3 is 6.18 Å². The first-order valence-electron chi connectivity index (χ1n) is 5.77. The van der Waals surface area contributed by atoms with Crippen LogP contribution in [0.5, 0.6) is 0 Å². The van der Waals surface area contributed by atoms with Crippen LogP contribution in [-0.2, 0) is 12.7 Å². The lowest BCUT2D eigenvalue weighted by molar-refractivity contribution is -0.137. The van der Waals surface area contributed by atoms with Crippen molar-refractivity contribution in [3.63, 3.8) is 0 Å². The third-order valence-electron chi connectivity index (χ3n) is 2.77. The first-order chi connectivity index (χ1) is 8.97. The summed E-state index contributed by atoms with van der Waals surface area (Å²) >= 11 is 0. The molecule has 1 aromatic heterocycles. The lowest BCUT2D eigenvalue weighted by atomic mass is 10.1. The van der Waals surface area contributed by atoms with E-state index < -0.39 is 11.7 Å². The lowest BCUT2D eigenvalue weighted by Gasteiger charge is -2.13. The van der Waals surface area contributed by atoms with Crippen molar-refractivity contribution in [3.8, 4) is 0 Å². The molecule has 1 aromatic carbocycles. The SMILES string of the molecule is Cc1ccc(C(F)(F)F)cc1NCc1cccnc1. The molecule has 1 N–H and O–H groups in total. The molecule has 1 heterocycles. The molecule has 2 aromatic rings. The number of hydrogen-bond donors (Lipinski definition) is 1. The Morgan fingerprint density at radius 2 is 2.00 bits per heavy atom. The predicted octanol–water partition coefficient (Wildman–Crippen LogP) is 4.02. The molecule has 0 saturated heterocycles. The fourth-order valence-corrected chi connectivity index (χ4v) is 1.69. The molecule has 0 aliphatic heterocycles. The van der Waals surface area contributed by atoms with Crippen molar-refractivity contribution in [3.05, 3.63) is 59.4 Å². The van der Waals surface area contributed by atoms with Crippen molar-refractivity contribution in [2.75, 3.05) is 5.32 Å². The van der Waals surface area contributed by atoms with Crippen molar-refractivity contribution in [1.82, 2.24) is 4.98 Å². The number of nitrogens with one attached hydrogen (secondary N) is 1. The van der Waals surface area contributed by atoms with Crippen molar-refractivity contribution in [2.24, 2.45) is 0 Å². The van der Waals surface area contributed by atoms with Gasteiger partial charge in [-0.1, -0.05) is 12.1 Å². The molecule has 5 heteroatoms. The van der Waals surface area contributed by atoms with Crippen LogP contribution in [0.4, 0.5) is 18.9 Å². The molecule has 19 heavy (non-hydrogen) atoms. The molecule has 0 saturated carbocycles. The summed E-state index contributed by atoms with van der Waals surface area (Å²) in [4.78, 5) is 3.96. The van der Waals surface area contributed by atoms with Crippen LogP contribution in [0.15, 0.2) is 42.7 Å². The van der Waals surface area contributed by atoms with Crippen LogP contribution in [0.2, 0.25) is 0 Å². The van der Waals surface area contributed by atoms with Crippen molar-refractivity contribution in [1.29, 1.82) is 0 Å². The van der Waals surface area contributed by atoms with Gasteiger partial charge in [0.15, 0.2) is 0 Å². The minimum Gasteiger partial charge on any atom is -0.381 e. The van der Waals surface area contributed by atoms with Gasteiger partial charge in [0.25, 0.3) is 0 Å². The van der Waals surface area contributed by atoms with E-state index in [0.29, 0.717) is 12.2 Å². The largest absolute Gasteiger partial charge is 0.416 e. The highest BCUT2D eigenvalue weighted by Gasteiger charge is 2.30. The molecule has 0 aliphatic carbocycles. The van der Waals surface area contributed by atoms with E-state index in [9.17, 15) is 13.2 Å². The number of halogens is 3. The maximum atomic E-state index is 12.6. The summed E-state index contributed by atoms with van der Waals surface area (Å²) < 4.78 is 37.9. The zero-order chi connectivity index (χ0) is 13.9. The quantitative estimate of drug-likeness (QED) is 0.907. The number of pyridine rings is 1. The number of hydrogen-bond acceptors (Lipinski definition) is 2. The molecule has 100 valence electrons. The molecule has 0 aliphatic rings. The van der Waals surface area contributed by atoms with E-state index in [0.717, 1.165) is 23.3 Å². The van der Waals surface area contributed by atoms with Gasteiger partial charge < -0.3 is 5.32 Å². The van der Waals surface area contributed by atoms with Crippen LogP contribution >= 0.6 is 0 Å². The first kappa shape index (κ1) is 13.4. The number of benzene rings is 1. The van der Waals surface area contributed by atoms with E-state index >= 15 is 0 Å². The van der Waals surface area contributed by atoms with Gasteiger partial charge in [0.05, 0.1) is 5.56 Å². The Kier molecular flexibility index (Phi) is 3.74. The molecule has 0 fully saturated rings. The molecular weight excluding hydrogens is 253 g/mol. The van der Waals surface area contributed by atoms with E-state index in [4.69, 9.17) is 0 Å². The van der Waals surface area contributed by atoms with Crippen molar-refractivity contribution in [2.45, 2.75) is 19.6 Å². The third kappa shape index (κ3) is 3.47. The molecule has 0 spiro atoms. The summed E-state index contributed by atoms with van der Waals surface area (Å²) in [5.74, 6) is 0. The Labute approximate surface area is 109 Å². The van der Waals surface area contributed by atoms with Crippen LogP contribution in [0.25, 0.3) is 0 Å². The van der Waals surface area contributed by atoms with Gasteiger partial charge in [-0.25, -0.2) is 0 Å². The molecule has 2 rings (SSSR count). The van der Waals surface area contributed by atoms with Gasteiger partial charge in [-0.3, -0.25) is 4.98 Å². The molecular formula is C14H13F3N2. The lowest BCUT2D eigenvalue weighted by Crippen LogP contribution is -2.07. The second-order valence-corrected chi connectivity index (χ2v) is 4.24. The fraction of sp³-hybridized carbons (Fsp3) is 0.214. The van der Waals surface area contributed by atoms with Gasteiger partial charge in [-0.05, 0) is 36.2 Å². The van der Waals surface area contributed by atoms with Crippen LogP contribution in [-0.4, -0.2) is 4.98 Å². The fourth-order valence-electron chi connectivity index (χ4n) is 1.69. The highest BCUT2D eigenvalue weighted by Crippen LogP contribution is 2.32. The van der Waals surface area contributed by atoms with Gasteiger partial charge in [-0.15, -0.1) is 0 Å². The highest BCUT2D eigenvalue weighted by atomic mass is 19.4. The average molecular weight is 266 g/mol. The smallest absolute Gasteiger partial charge is 0.381 e. The Bertz CT molecular complexity index is 550. The van der Waals surface area contributed by atoms with E-state index in [1.54, 1.807) is 25.4 Å². The summed E-state index contributed by atoms with van der Waals surface area (Å²) in [5, 5.41) is 3.00. The third-order valence-corrected chi connectivity index (χ3v) is 2.77. The van der Waals surface area contributed by atoms with Gasteiger partial charge in [0.2, 0.25) is 0 Å². The van der Waals surface area contributed by atoms with E-state index in [1.165, 1.54) is 6.07 Å². The molecule has 0 unspecified atom stereocenters. The number of alkyl halides is 3. The number of anilines is 1. The molecule has 0 radical (unpaired) electrons. The minimum absolute atomic E-state index is 0.440. The van der Waals surface area contributed by atoms with Crippen LogP contribution in [0.3, 0.4) is 0 Å². The van der Waals surface area contributed by atoms with Crippen LogP contribution in [0, 0.1) is 6.92 Å². The second-order valence-electron chi connectivity index (χ2n) is 4.24. The molecule has 0 atom stereocenters. The molecule has 2 nitrogen and oxygen atoms in total. The summed E-state index contributed by atoms with van der Waals surface area (Å²) in [6.45, 7) is 2.21. The van der Waals surface area contributed by atoms with E-state index in [2.05, 4.69) is 10.3 Å². The highest BCUT2D eigenvalue weighted by molar-refractivity contribution is 5.53. The Morgan fingerprint density at radius 3 is 2.63 bits per heavy atom. The maximum absolute atomic E-state index is 12.6. The second kappa shape index (κ2) is 5.30. The summed E-state index contributed by atoms with van der Waals surface area (Å²) in [6.07, 6.45) is -0.993. The Balaban J connectivity index is 2.16. The van der Waals surface area contributed by atoms with Crippen molar-refractivity contribution >= 4 is 5.69 Å². The number of aromatic nitrogens is 1. The number of rotatable bonds is 3. The standard InChI is InChI=1S/C14H13F3N2/c1-10-4-5-12(14(15,16)17)7-13(10)19-9-11-3-2-6-18-8-11/h2-8,19H,9H2,1H3.